The van der Waals surface area contributed by atoms with Crippen LogP contribution in [-0.4, -0.2) is 25.9 Å². The number of nitro groups is 1. The zero-order valence-corrected chi connectivity index (χ0v) is 15.5. The van der Waals surface area contributed by atoms with E-state index in [0.717, 1.165) is 31.7 Å². The van der Waals surface area contributed by atoms with Crippen LogP contribution in [0.25, 0.3) is 0 Å². The minimum absolute atomic E-state index is 0. The van der Waals surface area contributed by atoms with Crippen molar-refractivity contribution in [1.29, 1.82) is 0 Å². The second kappa shape index (κ2) is 8.24. The molecular weight excluding hydrogens is 354 g/mol. The Bertz CT molecular complexity index is 703. The highest BCUT2D eigenvalue weighted by Gasteiger charge is 2.30. The molecule has 24 heavy (non-hydrogen) atoms. The number of rotatable bonds is 6. The minimum Gasteiger partial charge on any atom is -0.329 e. The highest BCUT2D eigenvalue weighted by atomic mass is 35.5. The molecule has 136 valence electrons. The van der Waals surface area contributed by atoms with E-state index in [9.17, 15) is 18.5 Å². The van der Waals surface area contributed by atoms with Crippen molar-refractivity contribution >= 4 is 28.1 Å². The summed E-state index contributed by atoms with van der Waals surface area (Å²) in [6.45, 7) is 3.54. The second-order valence-electron chi connectivity index (χ2n) is 6.15. The molecular formula is C15H24ClN3O4S. The number of aryl methyl sites for hydroxylation is 1. The number of sulfonamides is 1. The Balaban J connectivity index is 0.00000288. The molecule has 1 fully saturated rings. The Kier molecular flexibility index (Phi) is 7.15. The molecule has 1 aromatic carbocycles. The molecule has 3 N–H and O–H groups in total. The van der Waals surface area contributed by atoms with Crippen LogP contribution in [0.4, 0.5) is 5.69 Å². The molecule has 1 atom stereocenters. The molecule has 0 saturated heterocycles. The van der Waals surface area contributed by atoms with Gasteiger partial charge in [-0.15, -0.1) is 12.4 Å². The van der Waals surface area contributed by atoms with Gasteiger partial charge in [0.25, 0.3) is 5.69 Å². The van der Waals surface area contributed by atoms with Crippen LogP contribution in [0, 0.1) is 29.9 Å². The van der Waals surface area contributed by atoms with E-state index >= 15 is 0 Å². The topological polar surface area (TPSA) is 115 Å². The molecule has 1 aliphatic carbocycles. The van der Waals surface area contributed by atoms with E-state index in [1.807, 2.05) is 0 Å². The van der Waals surface area contributed by atoms with E-state index in [0.29, 0.717) is 11.1 Å². The first-order valence-electron chi connectivity index (χ1n) is 7.74. The number of hydrogen-bond acceptors (Lipinski definition) is 5. The molecule has 0 spiro atoms. The fourth-order valence-electron chi connectivity index (χ4n) is 3.15. The van der Waals surface area contributed by atoms with Gasteiger partial charge in [0.1, 0.15) is 0 Å². The van der Waals surface area contributed by atoms with Gasteiger partial charge in [-0.25, -0.2) is 13.1 Å². The Morgan fingerprint density at radius 2 is 1.92 bits per heavy atom. The Hall–Kier alpha value is -1.22. The summed E-state index contributed by atoms with van der Waals surface area (Å²) in [5, 5.41) is 11.0. The van der Waals surface area contributed by atoms with Gasteiger partial charge in [-0.05, 0) is 43.7 Å². The smallest absolute Gasteiger partial charge is 0.271 e. The number of hydrogen-bond donors (Lipinski definition) is 2. The van der Waals surface area contributed by atoms with Gasteiger partial charge in [0.15, 0.2) is 0 Å². The summed E-state index contributed by atoms with van der Waals surface area (Å²) in [7, 11) is -3.85. The van der Waals surface area contributed by atoms with Crippen molar-refractivity contribution in [3.05, 3.63) is 33.4 Å². The molecule has 9 heteroatoms. The van der Waals surface area contributed by atoms with E-state index < -0.39 is 14.9 Å². The molecule has 2 rings (SSSR count). The van der Waals surface area contributed by atoms with Crippen molar-refractivity contribution in [2.45, 2.75) is 50.5 Å². The standard InChI is InChI=1S/C15H23N3O4S.ClH/c1-10-7-13(18(19)20)8-15(11(10)2)23(21,22)17-14(9-16)12-5-3-4-6-12;/h7-8,12,14,17H,3-6,9,16H2,1-2H3;1H. The van der Waals surface area contributed by atoms with Gasteiger partial charge in [0.05, 0.1) is 9.82 Å². The lowest BCUT2D eigenvalue weighted by atomic mass is 9.99. The monoisotopic (exact) mass is 377 g/mol. The molecule has 1 aliphatic rings. The first-order chi connectivity index (χ1) is 10.8. The Morgan fingerprint density at radius 1 is 1.33 bits per heavy atom. The largest absolute Gasteiger partial charge is 0.329 e. The summed E-state index contributed by atoms with van der Waals surface area (Å²) >= 11 is 0. The Morgan fingerprint density at radius 3 is 2.42 bits per heavy atom. The number of nitro benzene ring substituents is 1. The molecule has 1 saturated carbocycles. The van der Waals surface area contributed by atoms with Gasteiger partial charge >= 0.3 is 0 Å². The summed E-state index contributed by atoms with van der Waals surface area (Å²) in [6, 6.07) is 2.17. The fraction of sp³-hybridized carbons (Fsp3) is 0.600. The fourth-order valence-corrected chi connectivity index (χ4v) is 4.81. The highest BCUT2D eigenvalue weighted by Crippen LogP contribution is 2.30. The van der Waals surface area contributed by atoms with Crippen molar-refractivity contribution < 1.29 is 13.3 Å². The maximum absolute atomic E-state index is 12.7. The maximum atomic E-state index is 12.7. The van der Waals surface area contributed by atoms with Crippen LogP contribution in [0.2, 0.25) is 0 Å². The highest BCUT2D eigenvalue weighted by molar-refractivity contribution is 7.89. The van der Waals surface area contributed by atoms with Crippen LogP contribution < -0.4 is 10.5 Å². The third kappa shape index (κ3) is 4.44. The Labute approximate surface area is 148 Å². The summed E-state index contributed by atoms with van der Waals surface area (Å²) in [6.07, 6.45) is 4.07. The molecule has 0 amide bonds. The van der Waals surface area contributed by atoms with Crippen molar-refractivity contribution in [2.75, 3.05) is 6.54 Å². The number of nitrogens with two attached hydrogens (primary N) is 1. The van der Waals surface area contributed by atoms with Gasteiger partial charge in [0, 0.05) is 24.7 Å². The third-order valence-electron chi connectivity index (χ3n) is 4.63. The second-order valence-corrected chi connectivity index (χ2v) is 7.83. The zero-order chi connectivity index (χ0) is 17.2. The average Bonchev–Trinajstić information content (AvgIpc) is 3.01. The van der Waals surface area contributed by atoms with E-state index in [-0.39, 0.29) is 41.5 Å². The summed E-state index contributed by atoms with van der Waals surface area (Å²) in [5.41, 5.74) is 6.62. The lowest BCUT2D eigenvalue weighted by Gasteiger charge is -2.23. The average molecular weight is 378 g/mol. The van der Waals surface area contributed by atoms with Gasteiger partial charge in [-0.3, -0.25) is 10.1 Å². The summed E-state index contributed by atoms with van der Waals surface area (Å²) in [5.74, 6) is 0.231. The predicted molar refractivity (Wildman–Crippen MR) is 94.9 cm³/mol. The van der Waals surface area contributed by atoms with Crippen LogP contribution in [0.15, 0.2) is 17.0 Å². The first-order valence-corrected chi connectivity index (χ1v) is 9.22. The molecule has 0 aromatic heterocycles. The lowest BCUT2D eigenvalue weighted by molar-refractivity contribution is -0.385. The van der Waals surface area contributed by atoms with Crippen LogP contribution in [0.5, 0.6) is 0 Å². The molecule has 1 unspecified atom stereocenters. The quantitative estimate of drug-likeness (QED) is 0.583. The van der Waals surface area contributed by atoms with E-state index in [1.165, 1.54) is 6.07 Å². The van der Waals surface area contributed by atoms with Crippen molar-refractivity contribution in [1.82, 2.24) is 4.72 Å². The molecule has 1 aromatic rings. The molecule has 0 bridgehead atoms. The van der Waals surface area contributed by atoms with Crippen LogP contribution in [-0.2, 0) is 10.0 Å². The van der Waals surface area contributed by atoms with Gasteiger partial charge in [-0.2, -0.15) is 0 Å². The predicted octanol–water partition coefficient (Wildman–Crippen LogP) is 2.43. The number of nitrogens with one attached hydrogen (secondary N) is 1. The maximum Gasteiger partial charge on any atom is 0.271 e. The van der Waals surface area contributed by atoms with Crippen LogP contribution >= 0.6 is 12.4 Å². The van der Waals surface area contributed by atoms with Gasteiger partial charge in [-0.1, -0.05) is 12.8 Å². The zero-order valence-electron chi connectivity index (χ0n) is 13.8. The van der Waals surface area contributed by atoms with Crippen molar-refractivity contribution in [3.8, 4) is 0 Å². The number of nitrogens with zero attached hydrogens (tertiary/aromatic N) is 1. The van der Waals surface area contributed by atoms with Gasteiger partial charge < -0.3 is 5.73 Å². The molecule has 0 aliphatic heterocycles. The van der Waals surface area contributed by atoms with Crippen LogP contribution in [0.1, 0.15) is 36.8 Å². The van der Waals surface area contributed by atoms with E-state index in [2.05, 4.69) is 4.72 Å². The van der Waals surface area contributed by atoms with Crippen molar-refractivity contribution in [3.63, 3.8) is 0 Å². The number of halogens is 1. The number of non-ortho nitro benzene ring substituents is 1. The van der Waals surface area contributed by atoms with Gasteiger partial charge in [0.2, 0.25) is 10.0 Å². The van der Waals surface area contributed by atoms with E-state index in [4.69, 9.17) is 5.73 Å². The van der Waals surface area contributed by atoms with Crippen molar-refractivity contribution in [2.24, 2.45) is 11.7 Å². The molecule has 7 nitrogen and oxygen atoms in total. The summed E-state index contributed by atoms with van der Waals surface area (Å²) < 4.78 is 28.1. The molecule has 0 heterocycles. The number of benzene rings is 1. The SMILES string of the molecule is Cc1cc([N+](=O)[O-])cc(S(=O)(=O)NC(CN)C2CCCC2)c1C.Cl. The van der Waals surface area contributed by atoms with E-state index in [1.54, 1.807) is 13.8 Å². The first kappa shape index (κ1) is 20.8. The minimum atomic E-state index is -3.85. The lowest BCUT2D eigenvalue weighted by Crippen LogP contribution is -2.44. The third-order valence-corrected chi connectivity index (χ3v) is 6.25. The van der Waals surface area contributed by atoms with Crippen LogP contribution in [0.3, 0.4) is 0 Å². The summed E-state index contributed by atoms with van der Waals surface area (Å²) in [4.78, 5) is 10.4. The normalized spacial score (nSPS) is 16.6. The molecule has 0 radical (unpaired) electrons.